The van der Waals surface area contributed by atoms with E-state index >= 15 is 0 Å². The van der Waals surface area contributed by atoms with Gasteiger partial charge in [-0.2, -0.15) is 0 Å². The first kappa shape index (κ1) is 24.8. The Morgan fingerprint density at radius 2 is 1.84 bits per heavy atom. The molecule has 2 amide bonds. The first-order valence-corrected chi connectivity index (χ1v) is 12.5. The molecule has 1 saturated heterocycles. The number of hydrogen-bond donors (Lipinski definition) is 0. The summed E-state index contributed by atoms with van der Waals surface area (Å²) in [5.74, 6) is -1.49. The van der Waals surface area contributed by atoms with Crippen LogP contribution in [0, 0.1) is 5.82 Å². The van der Waals surface area contributed by atoms with Crippen molar-refractivity contribution in [2.24, 2.45) is 0 Å². The number of methoxy groups -OCH3 is 1. The van der Waals surface area contributed by atoms with Crippen molar-refractivity contribution in [3.63, 3.8) is 0 Å². The molecular formula is C28H20ClFN2O4S. The van der Waals surface area contributed by atoms with Gasteiger partial charge in [0.1, 0.15) is 5.82 Å². The molecule has 2 heterocycles. The quantitative estimate of drug-likeness (QED) is 0.208. The Hall–Kier alpha value is -3.88. The number of thioether (sulfide) groups is 1. The number of fused-ring (bicyclic) bond motifs is 1. The number of benzene rings is 3. The van der Waals surface area contributed by atoms with E-state index < -0.39 is 22.9 Å². The molecule has 5 rings (SSSR count). The van der Waals surface area contributed by atoms with Gasteiger partial charge in [-0.25, -0.2) is 9.18 Å². The van der Waals surface area contributed by atoms with Gasteiger partial charge in [0, 0.05) is 39.8 Å². The van der Waals surface area contributed by atoms with Crippen molar-refractivity contribution in [1.82, 2.24) is 9.47 Å². The maximum Gasteiger partial charge on any atom is 0.337 e. The summed E-state index contributed by atoms with van der Waals surface area (Å²) < 4.78 is 21.1. The highest BCUT2D eigenvalue weighted by Crippen LogP contribution is 2.36. The second kappa shape index (κ2) is 10.2. The fraction of sp³-hybridized carbons (Fsp3) is 0.107. The summed E-state index contributed by atoms with van der Waals surface area (Å²) in [6.07, 6.45) is 3.58. The Kier molecular flexibility index (Phi) is 6.86. The minimum atomic E-state index is -0.574. The normalized spacial score (nSPS) is 14.7. The van der Waals surface area contributed by atoms with Crippen molar-refractivity contribution >= 4 is 57.5 Å². The van der Waals surface area contributed by atoms with Crippen LogP contribution in [0.2, 0.25) is 5.02 Å². The summed E-state index contributed by atoms with van der Waals surface area (Å²) in [5.41, 5.74) is 3.14. The Morgan fingerprint density at radius 1 is 1.05 bits per heavy atom. The van der Waals surface area contributed by atoms with Crippen LogP contribution in [0.25, 0.3) is 17.0 Å². The number of rotatable bonds is 6. The van der Waals surface area contributed by atoms with Crippen LogP contribution in [-0.4, -0.2) is 33.7 Å². The van der Waals surface area contributed by atoms with E-state index in [9.17, 15) is 18.8 Å². The van der Waals surface area contributed by atoms with Crippen LogP contribution in [0.4, 0.5) is 9.18 Å². The van der Waals surface area contributed by atoms with Gasteiger partial charge in [0.05, 0.1) is 24.1 Å². The van der Waals surface area contributed by atoms with Crippen molar-refractivity contribution in [3.8, 4) is 0 Å². The Bertz CT molecular complexity index is 1580. The lowest BCUT2D eigenvalue weighted by Crippen LogP contribution is -2.28. The molecule has 0 radical (unpaired) electrons. The number of ether oxygens (including phenoxy) is 1. The molecule has 186 valence electrons. The molecule has 0 unspecified atom stereocenters. The molecule has 1 fully saturated rings. The van der Waals surface area contributed by atoms with Crippen molar-refractivity contribution in [2.75, 3.05) is 7.11 Å². The summed E-state index contributed by atoms with van der Waals surface area (Å²) >= 11 is 6.91. The smallest absolute Gasteiger partial charge is 0.337 e. The molecule has 6 nitrogen and oxygen atoms in total. The van der Waals surface area contributed by atoms with Crippen molar-refractivity contribution in [3.05, 3.63) is 111 Å². The van der Waals surface area contributed by atoms with Crippen LogP contribution in [0.15, 0.2) is 77.8 Å². The Balaban J connectivity index is 1.46. The second-order valence-electron chi connectivity index (χ2n) is 8.39. The van der Waals surface area contributed by atoms with E-state index in [-0.39, 0.29) is 22.0 Å². The Morgan fingerprint density at radius 3 is 2.62 bits per heavy atom. The van der Waals surface area contributed by atoms with Gasteiger partial charge in [0.15, 0.2) is 0 Å². The van der Waals surface area contributed by atoms with Gasteiger partial charge in [0.25, 0.3) is 11.1 Å². The van der Waals surface area contributed by atoms with Gasteiger partial charge in [-0.05, 0) is 53.7 Å². The molecule has 0 spiro atoms. The van der Waals surface area contributed by atoms with Crippen LogP contribution in [0.5, 0.6) is 0 Å². The minimum absolute atomic E-state index is 0.0958. The maximum atomic E-state index is 14.3. The number of esters is 1. The molecule has 0 bridgehead atoms. The van der Waals surface area contributed by atoms with Crippen LogP contribution < -0.4 is 0 Å². The summed E-state index contributed by atoms with van der Waals surface area (Å²) in [4.78, 5) is 38.9. The standard InChI is InChI=1S/C28H20ClFN2O4S/c1-36-27(34)18-7-4-6-17(12-18)14-31-15-19(20-8-2-3-11-24(20)31)13-25-26(33)32(28(35)37-25)16-21-22(29)9-5-10-23(21)30/h2-13,15H,14,16H2,1H3/b25-13-. The van der Waals surface area contributed by atoms with Crippen molar-refractivity contribution in [2.45, 2.75) is 13.1 Å². The summed E-state index contributed by atoms with van der Waals surface area (Å²) in [6.45, 7) is 0.234. The lowest BCUT2D eigenvalue weighted by molar-refractivity contribution is -0.123. The van der Waals surface area contributed by atoms with Crippen molar-refractivity contribution in [1.29, 1.82) is 0 Å². The van der Waals surface area contributed by atoms with E-state index in [0.717, 1.165) is 38.7 Å². The molecule has 1 aliphatic rings. The Labute approximate surface area is 221 Å². The van der Waals surface area contributed by atoms with Gasteiger partial charge in [-0.3, -0.25) is 14.5 Å². The first-order chi connectivity index (χ1) is 17.9. The van der Waals surface area contributed by atoms with E-state index in [1.165, 1.54) is 25.3 Å². The second-order valence-corrected chi connectivity index (χ2v) is 9.79. The van der Waals surface area contributed by atoms with Gasteiger partial charge in [-0.1, -0.05) is 48.0 Å². The van der Waals surface area contributed by atoms with Crippen LogP contribution >= 0.6 is 23.4 Å². The highest BCUT2D eigenvalue weighted by molar-refractivity contribution is 8.18. The SMILES string of the molecule is COC(=O)c1cccc(Cn2cc(/C=C3\SC(=O)N(Cc4c(F)cccc4Cl)C3=O)c3ccccc32)c1. The number of para-hydroxylation sites is 1. The molecule has 3 aromatic carbocycles. The number of halogens is 2. The van der Waals surface area contributed by atoms with E-state index in [1.807, 2.05) is 41.1 Å². The number of carbonyl (C=O) groups excluding carboxylic acids is 3. The summed E-state index contributed by atoms with van der Waals surface area (Å²) in [5, 5.41) is 0.567. The van der Waals surface area contributed by atoms with Gasteiger partial charge in [0.2, 0.25) is 0 Å². The molecule has 37 heavy (non-hydrogen) atoms. The fourth-order valence-electron chi connectivity index (χ4n) is 4.25. The van der Waals surface area contributed by atoms with Gasteiger partial charge < -0.3 is 9.30 Å². The molecule has 1 aromatic heterocycles. The fourth-order valence-corrected chi connectivity index (χ4v) is 5.30. The maximum absolute atomic E-state index is 14.3. The lowest BCUT2D eigenvalue weighted by atomic mass is 10.1. The predicted molar refractivity (Wildman–Crippen MR) is 142 cm³/mol. The molecule has 0 aliphatic carbocycles. The molecular weight excluding hydrogens is 515 g/mol. The molecule has 9 heteroatoms. The topological polar surface area (TPSA) is 68.6 Å². The number of imide groups is 1. The van der Waals surface area contributed by atoms with Gasteiger partial charge >= 0.3 is 5.97 Å². The number of aromatic nitrogens is 1. The van der Waals surface area contributed by atoms with E-state index in [1.54, 1.807) is 24.3 Å². The molecule has 0 saturated carbocycles. The average Bonchev–Trinajstić information content (AvgIpc) is 3.37. The third kappa shape index (κ3) is 4.90. The van der Waals surface area contributed by atoms with E-state index in [4.69, 9.17) is 16.3 Å². The average molecular weight is 535 g/mol. The third-order valence-electron chi connectivity index (χ3n) is 6.06. The zero-order valence-corrected chi connectivity index (χ0v) is 21.2. The van der Waals surface area contributed by atoms with Gasteiger partial charge in [-0.15, -0.1) is 0 Å². The molecule has 1 aliphatic heterocycles. The number of amides is 2. The minimum Gasteiger partial charge on any atom is -0.465 e. The monoisotopic (exact) mass is 534 g/mol. The van der Waals surface area contributed by atoms with Crippen LogP contribution in [0.1, 0.15) is 27.0 Å². The van der Waals surface area contributed by atoms with Crippen LogP contribution in [-0.2, 0) is 22.6 Å². The molecule has 0 N–H and O–H groups in total. The zero-order valence-electron chi connectivity index (χ0n) is 19.6. The van der Waals surface area contributed by atoms with E-state index in [0.29, 0.717) is 12.1 Å². The lowest BCUT2D eigenvalue weighted by Gasteiger charge is -2.14. The molecule has 0 atom stereocenters. The number of nitrogens with zero attached hydrogens (tertiary/aromatic N) is 2. The number of carbonyl (C=O) groups is 3. The third-order valence-corrected chi connectivity index (χ3v) is 7.32. The largest absolute Gasteiger partial charge is 0.465 e. The zero-order chi connectivity index (χ0) is 26.1. The first-order valence-electron chi connectivity index (χ1n) is 11.3. The van der Waals surface area contributed by atoms with Crippen LogP contribution in [0.3, 0.4) is 0 Å². The highest BCUT2D eigenvalue weighted by Gasteiger charge is 2.36. The molecule has 4 aromatic rings. The van der Waals surface area contributed by atoms with E-state index in [2.05, 4.69) is 0 Å². The number of hydrogen-bond acceptors (Lipinski definition) is 5. The summed E-state index contributed by atoms with van der Waals surface area (Å²) in [7, 11) is 1.34. The predicted octanol–water partition coefficient (Wildman–Crippen LogP) is 6.51. The van der Waals surface area contributed by atoms with Crippen molar-refractivity contribution < 1.29 is 23.5 Å². The summed E-state index contributed by atoms with van der Waals surface area (Å²) in [6, 6.07) is 19.1. The highest BCUT2D eigenvalue weighted by atomic mass is 35.5.